The summed E-state index contributed by atoms with van der Waals surface area (Å²) >= 11 is 3.27. The lowest BCUT2D eigenvalue weighted by Crippen LogP contribution is -2.29. The van der Waals surface area contributed by atoms with Gasteiger partial charge >= 0.3 is 5.97 Å². The summed E-state index contributed by atoms with van der Waals surface area (Å²) in [5.41, 5.74) is -0.0256. The Balaban J connectivity index is 2.84. The van der Waals surface area contributed by atoms with E-state index in [4.69, 9.17) is 9.84 Å². The predicted octanol–water partition coefficient (Wildman–Crippen LogP) is 2.90. The zero-order valence-electron chi connectivity index (χ0n) is 11.0. The maximum absolute atomic E-state index is 11.9. The third-order valence-electron chi connectivity index (χ3n) is 2.63. The van der Waals surface area contributed by atoms with Crippen molar-refractivity contribution in [3.05, 3.63) is 28.2 Å². The highest BCUT2D eigenvalue weighted by atomic mass is 79.9. The van der Waals surface area contributed by atoms with Gasteiger partial charge in [-0.3, -0.25) is 4.79 Å². The summed E-state index contributed by atoms with van der Waals surface area (Å²) in [4.78, 5) is 22.7. The maximum atomic E-state index is 11.9. The van der Waals surface area contributed by atoms with Crippen LogP contribution in [0.15, 0.2) is 22.7 Å². The van der Waals surface area contributed by atoms with Crippen molar-refractivity contribution >= 4 is 33.5 Å². The highest BCUT2D eigenvalue weighted by Gasteiger charge is 2.21. The molecule has 0 aliphatic carbocycles. The van der Waals surface area contributed by atoms with Crippen LogP contribution in [0.4, 0.5) is 5.69 Å². The molecule has 1 aromatic rings. The van der Waals surface area contributed by atoms with Gasteiger partial charge in [-0.05, 0) is 48.0 Å². The highest BCUT2D eigenvalue weighted by molar-refractivity contribution is 9.10. The Kier molecular flexibility index (Phi) is 5.08. The van der Waals surface area contributed by atoms with Crippen molar-refractivity contribution in [2.45, 2.75) is 25.9 Å². The van der Waals surface area contributed by atoms with Crippen molar-refractivity contribution in [3.8, 4) is 0 Å². The van der Waals surface area contributed by atoms with E-state index in [2.05, 4.69) is 21.2 Å². The van der Waals surface area contributed by atoms with E-state index in [-0.39, 0.29) is 17.9 Å². The summed E-state index contributed by atoms with van der Waals surface area (Å²) in [6, 6.07) is 4.45. The van der Waals surface area contributed by atoms with Gasteiger partial charge in [0, 0.05) is 11.6 Å². The summed E-state index contributed by atoms with van der Waals surface area (Å²) < 4.78 is 5.80. The zero-order valence-corrected chi connectivity index (χ0v) is 12.6. The number of rotatable bonds is 5. The standard InChI is InChI=1S/C13H16BrNO4/c1-13(2,19-3)7-11(16)15-10-6-8(12(17)18)4-5-9(10)14/h4-6H,7H2,1-3H3,(H,15,16)(H,17,18). The lowest BCUT2D eigenvalue weighted by Gasteiger charge is -2.22. The Morgan fingerprint density at radius 3 is 2.58 bits per heavy atom. The van der Waals surface area contributed by atoms with Crippen molar-refractivity contribution in [2.75, 3.05) is 12.4 Å². The number of amides is 1. The van der Waals surface area contributed by atoms with Crippen molar-refractivity contribution in [1.82, 2.24) is 0 Å². The monoisotopic (exact) mass is 329 g/mol. The van der Waals surface area contributed by atoms with Gasteiger partial charge in [0.2, 0.25) is 5.91 Å². The number of carbonyl (C=O) groups is 2. The van der Waals surface area contributed by atoms with Crippen LogP contribution in [0.5, 0.6) is 0 Å². The first-order valence-corrected chi connectivity index (χ1v) is 6.42. The molecular formula is C13H16BrNO4. The molecule has 0 bridgehead atoms. The van der Waals surface area contributed by atoms with Crippen LogP contribution in [0.25, 0.3) is 0 Å². The van der Waals surface area contributed by atoms with E-state index >= 15 is 0 Å². The third-order valence-corrected chi connectivity index (χ3v) is 3.32. The molecule has 1 rings (SSSR count). The van der Waals surface area contributed by atoms with Crippen LogP contribution in [0.2, 0.25) is 0 Å². The molecule has 104 valence electrons. The average molecular weight is 330 g/mol. The highest BCUT2D eigenvalue weighted by Crippen LogP contribution is 2.24. The average Bonchev–Trinajstić information content (AvgIpc) is 2.31. The minimum absolute atomic E-state index is 0.115. The lowest BCUT2D eigenvalue weighted by molar-refractivity contribution is -0.121. The second-order valence-electron chi connectivity index (χ2n) is 4.69. The van der Waals surface area contributed by atoms with Crippen LogP contribution in [-0.4, -0.2) is 29.7 Å². The van der Waals surface area contributed by atoms with Crippen LogP contribution < -0.4 is 5.32 Å². The minimum Gasteiger partial charge on any atom is -0.478 e. The number of carboxylic acids is 1. The van der Waals surface area contributed by atoms with Crippen LogP contribution in [-0.2, 0) is 9.53 Å². The Bertz CT molecular complexity index is 499. The molecule has 0 saturated heterocycles. The second kappa shape index (κ2) is 6.16. The van der Waals surface area contributed by atoms with Gasteiger partial charge in [0.1, 0.15) is 0 Å². The molecule has 2 N–H and O–H groups in total. The molecule has 0 spiro atoms. The summed E-state index contributed by atoms with van der Waals surface area (Å²) in [5.74, 6) is -1.28. The molecule has 0 aliphatic heterocycles. The third kappa shape index (κ3) is 4.65. The predicted molar refractivity (Wildman–Crippen MR) is 75.4 cm³/mol. The van der Waals surface area contributed by atoms with E-state index < -0.39 is 11.6 Å². The second-order valence-corrected chi connectivity index (χ2v) is 5.54. The van der Waals surface area contributed by atoms with Crippen LogP contribution in [0.3, 0.4) is 0 Å². The number of aromatic carboxylic acids is 1. The van der Waals surface area contributed by atoms with Crippen LogP contribution >= 0.6 is 15.9 Å². The van der Waals surface area contributed by atoms with Crippen LogP contribution in [0, 0.1) is 0 Å². The Labute approximate surface area is 120 Å². The van der Waals surface area contributed by atoms with Gasteiger partial charge in [-0.2, -0.15) is 0 Å². The lowest BCUT2D eigenvalue weighted by atomic mass is 10.0. The number of carboxylic acid groups (broad SMARTS) is 1. The zero-order chi connectivity index (χ0) is 14.6. The van der Waals surface area contributed by atoms with E-state index in [0.29, 0.717) is 10.2 Å². The Morgan fingerprint density at radius 1 is 1.42 bits per heavy atom. The molecule has 5 nitrogen and oxygen atoms in total. The topological polar surface area (TPSA) is 75.6 Å². The number of anilines is 1. The summed E-state index contributed by atoms with van der Waals surface area (Å²) in [6.45, 7) is 3.60. The first kappa shape index (κ1) is 15.7. The summed E-state index contributed by atoms with van der Waals surface area (Å²) in [5, 5.41) is 11.6. The number of hydrogen-bond acceptors (Lipinski definition) is 3. The molecule has 0 aromatic heterocycles. The smallest absolute Gasteiger partial charge is 0.335 e. The van der Waals surface area contributed by atoms with E-state index in [1.807, 2.05) is 0 Å². The van der Waals surface area contributed by atoms with Crippen molar-refractivity contribution < 1.29 is 19.4 Å². The molecule has 0 saturated carbocycles. The number of halogens is 1. The summed E-state index contributed by atoms with van der Waals surface area (Å²) in [7, 11) is 1.54. The molecule has 1 aromatic carbocycles. The van der Waals surface area contributed by atoms with Gasteiger partial charge in [0.05, 0.1) is 23.3 Å². The normalized spacial score (nSPS) is 11.2. The van der Waals surface area contributed by atoms with Gasteiger partial charge in [-0.1, -0.05) is 0 Å². The quantitative estimate of drug-likeness (QED) is 0.870. The first-order chi connectivity index (χ1) is 8.75. The van der Waals surface area contributed by atoms with E-state index in [9.17, 15) is 9.59 Å². The number of carbonyl (C=O) groups excluding carboxylic acids is 1. The number of hydrogen-bond donors (Lipinski definition) is 2. The largest absolute Gasteiger partial charge is 0.478 e. The number of ether oxygens (including phenoxy) is 1. The molecule has 0 radical (unpaired) electrons. The molecule has 19 heavy (non-hydrogen) atoms. The molecule has 0 unspecified atom stereocenters. The fourth-order valence-electron chi connectivity index (χ4n) is 1.41. The molecule has 0 aliphatic rings. The van der Waals surface area contributed by atoms with Crippen molar-refractivity contribution in [1.29, 1.82) is 0 Å². The fourth-order valence-corrected chi connectivity index (χ4v) is 1.75. The number of methoxy groups -OCH3 is 1. The van der Waals surface area contributed by atoms with Crippen molar-refractivity contribution in [2.24, 2.45) is 0 Å². The Hall–Kier alpha value is -1.40. The van der Waals surface area contributed by atoms with Gasteiger partial charge < -0.3 is 15.2 Å². The van der Waals surface area contributed by atoms with E-state index in [1.165, 1.54) is 19.2 Å². The van der Waals surface area contributed by atoms with Crippen LogP contribution in [0.1, 0.15) is 30.6 Å². The number of nitrogens with one attached hydrogen (secondary N) is 1. The SMILES string of the molecule is COC(C)(C)CC(=O)Nc1cc(C(=O)O)ccc1Br. The summed E-state index contributed by atoms with van der Waals surface area (Å²) in [6.07, 6.45) is 0.174. The van der Waals surface area contributed by atoms with Gasteiger partial charge in [-0.15, -0.1) is 0 Å². The minimum atomic E-state index is -1.04. The van der Waals surface area contributed by atoms with E-state index in [0.717, 1.165) is 0 Å². The molecule has 6 heteroatoms. The maximum Gasteiger partial charge on any atom is 0.335 e. The van der Waals surface area contributed by atoms with Gasteiger partial charge in [0.15, 0.2) is 0 Å². The Morgan fingerprint density at radius 2 is 2.05 bits per heavy atom. The molecular weight excluding hydrogens is 314 g/mol. The molecule has 0 heterocycles. The van der Waals surface area contributed by atoms with E-state index in [1.54, 1.807) is 19.9 Å². The molecule has 0 atom stereocenters. The fraction of sp³-hybridized carbons (Fsp3) is 0.385. The van der Waals surface area contributed by atoms with Crippen molar-refractivity contribution in [3.63, 3.8) is 0 Å². The molecule has 1 amide bonds. The first-order valence-electron chi connectivity index (χ1n) is 5.63. The van der Waals surface area contributed by atoms with Gasteiger partial charge in [-0.25, -0.2) is 4.79 Å². The number of benzene rings is 1. The van der Waals surface area contributed by atoms with Gasteiger partial charge in [0.25, 0.3) is 0 Å². The molecule has 0 fully saturated rings.